The van der Waals surface area contributed by atoms with Gasteiger partial charge in [0, 0.05) is 35.0 Å². The van der Waals surface area contributed by atoms with Gasteiger partial charge in [0.25, 0.3) is 23.6 Å². The number of carboxylic acids is 1. The van der Waals surface area contributed by atoms with Crippen LogP contribution in [0.2, 0.25) is 0 Å². The third-order valence-electron chi connectivity index (χ3n) is 9.07. The fourth-order valence-corrected chi connectivity index (χ4v) is 5.97. The number of carbonyl (C=O) groups is 6. The lowest BCUT2D eigenvalue weighted by Crippen LogP contribution is -2.32. The van der Waals surface area contributed by atoms with E-state index in [-0.39, 0.29) is 52.0 Å². The predicted octanol–water partition coefficient (Wildman–Crippen LogP) is 5.69. The molecule has 0 aliphatic rings. The Morgan fingerprint density at radius 1 is 0.723 bits per heavy atom. The van der Waals surface area contributed by atoms with Crippen molar-refractivity contribution in [1.29, 1.82) is 5.26 Å². The molecular formula is C45H39N7O13. The summed E-state index contributed by atoms with van der Waals surface area (Å²) in [4.78, 5) is 89.6. The quantitative estimate of drug-likeness (QED) is 0.0594. The second kappa shape index (κ2) is 20.9. The predicted molar refractivity (Wildman–Crippen MR) is 236 cm³/mol. The highest BCUT2D eigenvalue weighted by molar-refractivity contribution is 6.11. The van der Waals surface area contributed by atoms with Crippen molar-refractivity contribution < 1.29 is 58.0 Å². The van der Waals surface area contributed by atoms with Crippen LogP contribution in [0.4, 0.5) is 22.7 Å². The number of methoxy groups -OCH3 is 2. The van der Waals surface area contributed by atoms with E-state index in [9.17, 15) is 48.9 Å². The highest BCUT2D eigenvalue weighted by Crippen LogP contribution is 2.40. The number of rotatable bonds is 14. The number of phenolic OH excluding ortho intramolecular Hbond substituents is 1. The first-order chi connectivity index (χ1) is 31.1. The number of phenols is 2. The molecule has 0 aliphatic heterocycles. The van der Waals surface area contributed by atoms with Crippen molar-refractivity contribution in [3.63, 3.8) is 0 Å². The van der Waals surface area contributed by atoms with E-state index in [1.165, 1.54) is 80.8 Å². The third-order valence-corrected chi connectivity index (χ3v) is 9.07. The molecule has 20 nitrogen and oxygen atoms in total. The van der Waals surface area contributed by atoms with Gasteiger partial charge in [-0.2, -0.15) is 5.26 Å². The Kier molecular flexibility index (Phi) is 15.0. The minimum Gasteiger partial charge on any atom is -0.504 e. The summed E-state index contributed by atoms with van der Waals surface area (Å²) in [7, 11) is 2.37. The first kappa shape index (κ1) is 46.7. The second-order valence-electron chi connectivity index (χ2n) is 13.5. The number of aromatic hydroxyl groups is 2. The number of nitrogens with zero attached hydrogens (tertiary/aromatic N) is 1. The molecule has 6 rings (SSSR count). The maximum absolute atomic E-state index is 13.1. The number of benzene rings is 5. The minimum atomic E-state index is -1.42. The Hall–Kier alpha value is -9.38. The summed E-state index contributed by atoms with van der Waals surface area (Å²) in [6, 6.07) is 23.3. The lowest BCUT2D eigenvalue weighted by molar-refractivity contribution is -0.115. The van der Waals surface area contributed by atoms with E-state index in [1.54, 1.807) is 37.3 Å². The lowest BCUT2D eigenvalue weighted by Gasteiger charge is -2.16. The van der Waals surface area contributed by atoms with E-state index in [4.69, 9.17) is 19.2 Å². The second-order valence-corrected chi connectivity index (χ2v) is 13.5. The maximum atomic E-state index is 13.1. The number of anilines is 4. The summed E-state index contributed by atoms with van der Waals surface area (Å²) >= 11 is 0. The number of hydrogen-bond acceptors (Lipinski definition) is 13. The number of nitrogens with one attached hydrogen (secondary N) is 6. The molecular weight excluding hydrogens is 847 g/mol. The summed E-state index contributed by atoms with van der Waals surface area (Å²) in [5.74, 6) is -6.93. The molecule has 0 bridgehead atoms. The molecule has 0 aliphatic carbocycles. The van der Waals surface area contributed by atoms with Crippen molar-refractivity contribution in [3.05, 3.63) is 135 Å². The van der Waals surface area contributed by atoms with Gasteiger partial charge in [-0.05, 0) is 103 Å². The summed E-state index contributed by atoms with van der Waals surface area (Å²) < 4.78 is 15.3. The van der Waals surface area contributed by atoms with E-state index < -0.39 is 52.4 Å². The van der Waals surface area contributed by atoms with E-state index in [0.717, 1.165) is 13.2 Å². The fraction of sp³-hybridized carbons (Fsp3) is 0.111. The molecule has 1 aromatic heterocycles. The number of ether oxygens (including phenoxy) is 2. The van der Waals surface area contributed by atoms with E-state index >= 15 is 0 Å². The Labute approximate surface area is 368 Å². The molecule has 20 heteroatoms. The summed E-state index contributed by atoms with van der Waals surface area (Å²) in [5.41, 5.74) is 2.24. The van der Waals surface area contributed by atoms with Crippen LogP contribution >= 0.6 is 0 Å². The van der Waals surface area contributed by atoms with Crippen molar-refractivity contribution in [2.75, 3.05) is 42.0 Å². The maximum Gasteiger partial charge on any atom is 0.417 e. The molecule has 0 atom stereocenters. The van der Waals surface area contributed by atoms with Gasteiger partial charge in [-0.3, -0.25) is 29.0 Å². The summed E-state index contributed by atoms with van der Waals surface area (Å²) in [5, 5.41) is 50.6. The van der Waals surface area contributed by atoms with Gasteiger partial charge >= 0.3 is 11.7 Å². The van der Waals surface area contributed by atoms with Gasteiger partial charge in [0.2, 0.25) is 5.91 Å². The monoisotopic (exact) mass is 885 g/mol. The van der Waals surface area contributed by atoms with Gasteiger partial charge in [0.05, 0.1) is 49.3 Å². The molecule has 0 spiro atoms. The number of nitriles is 1. The van der Waals surface area contributed by atoms with Crippen LogP contribution in [0.5, 0.6) is 23.0 Å². The zero-order valence-corrected chi connectivity index (χ0v) is 34.8. The number of fused-ring (bicyclic) bond motifs is 1. The number of oxazole rings is 1. The zero-order chi connectivity index (χ0) is 47.4. The number of hydrogen-bond donors (Lipinski definition) is 9. The van der Waals surface area contributed by atoms with Crippen molar-refractivity contribution in [1.82, 2.24) is 10.3 Å². The number of H-pyrrole nitrogens is 1. The first-order valence-electron chi connectivity index (χ1n) is 18.9. The van der Waals surface area contributed by atoms with Crippen LogP contribution in [0.25, 0.3) is 17.2 Å². The van der Waals surface area contributed by atoms with Crippen LogP contribution in [0, 0.1) is 11.3 Å². The summed E-state index contributed by atoms with van der Waals surface area (Å²) in [6.45, 7) is 2.67. The van der Waals surface area contributed by atoms with Gasteiger partial charge in [0.1, 0.15) is 5.56 Å². The molecule has 0 fully saturated rings. The van der Waals surface area contributed by atoms with Gasteiger partial charge in [0.15, 0.2) is 28.6 Å². The number of aromatic carboxylic acids is 1. The van der Waals surface area contributed by atoms with Crippen LogP contribution in [0.15, 0.2) is 106 Å². The molecule has 0 saturated carbocycles. The highest BCUT2D eigenvalue weighted by Gasteiger charge is 2.24. The average Bonchev–Trinajstić information content (AvgIpc) is 3.65. The van der Waals surface area contributed by atoms with Crippen LogP contribution in [-0.2, 0) is 9.59 Å². The standard InChI is InChI=1S/C43H36N6O13.C2H3N/c1-21(18-22-4-17-32-31(19-22)49-43(59)62-32)38(53)46-26-11-5-23(6-12-26)39(54)44-20-33(50)45-25-9-7-24(8-10-25)40(55)47-29-15-13-27(34(51)36(29)60-2)41(56)48-30-16-14-28(42(57)58)35(52)37(30)61-3;1-2-3/h4-19,51-52H,20H2,1-3H3,(H,44,54)(H,45,50)(H,46,53)(H,47,55)(H,48,56)(H,49,59)(H,57,58);1H3/b21-18+;. The molecule has 0 saturated heterocycles. The Morgan fingerprint density at radius 2 is 1.25 bits per heavy atom. The molecule has 5 amide bonds. The SMILES string of the molecule is CC#N.COc1c(NC(=O)c2ccc(NC(=O)c3ccc(NC(=O)CNC(=O)c4ccc(NC(=O)/C(C)=C/c5ccc6oc(=O)[nH]c6c5)cc4)cc3)c(OC)c2O)ccc(C(=O)O)c1O. The number of carbonyl (C=O) groups excluding carboxylic acids is 5. The molecule has 5 aromatic carbocycles. The van der Waals surface area contributed by atoms with Crippen molar-refractivity contribution in [3.8, 4) is 29.1 Å². The largest absolute Gasteiger partial charge is 0.504 e. The molecule has 1 heterocycles. The van der Waals surface area contributed by atoms with Crippen molar-refractivity contribution >= 4 is 75.4 Å². The molecule has 6 aromatic rings. The van der Waals surface area contributed by atoms with Gasteiger partial charge in [-0.1, -0.05) is 6.07 Å². The Morgan fingerprint density at radius 3 is 1.82 bits per heavy atom. The molecule has 332 valence electrons. The number of aromatic nitrogens is 1. The van der Waals surface area contributed by atoms with E-state index in [1.807, 2.05) is 0 Å². The number of aromatic amines is 1. The highest BCUT2D eigenvalue weighted by atomic mass is 16.5. The summed E-state index contributed by atoms with van der Waals surface area (Å²) in [6.07, 6.45) is 1.64. The average molecular weight is 886 g/mol. The fourth-order valence-electron chi connectivity index (χ4n) is 5.97. The lowest BCUT2D eigenvalue weighted by atomic mass is 10.1. The Bertz CT molecular complexity index is 2950. The van der Waals surface area contributed by atoms with Crippen LogP contribution in [0.3, 0.4) is 0 Å². The van der Waals surface area contributed by atoms with E-state index in [0.29, 0.717) is 33.6 Å². The first-order valence-corrected chi connectivity index (χ1v) is 18.9. The van der Waals surface area contributed by atoms with Crippen LogP contribution < -0.4 is 41.8 Å². The molecule has 9 N–H and O–H groups in total. The molecule has 0 radical (unpaired) electrons. The smallest absolute Gasteiger partial charge is 0.417 e. The molecule has 65 heavy (non-hydrogen) atoms. The number of carboxylic acid groups (broad SMARTS) is 1. The third kappa shape index (κ3) is 11.5. The molecule has 0 unspecified atom stereocenters. The zero-order valence-electron chi connectivity index (χ0n) is 34.8. The van der Waals surface area contributed by atoms with E-state index in [2.05, 4.69) is 31.6 Å². The number of amides is 5. The normalized spacial score (nSPS) is 10.6. The Balaban J connectivity index is 0.00000257. The van der Waals surface area contributed by atoms with Crippen molar-refractivity contribution in [2.24, 2.45) is 0 Å². The van der Waals surface area contributed by atoms with Crippen LogP contribution in [0.1, 0.15) is 60.8 Å². The minimum absolute atomic E-state index is 0.00393. The van der Waals surface area contributed by atoms with Crippen molar-refractivity contribution in [2.45, 2.75) is 13.8 Å². The van der Waals surface area contributed by atoms with Gasteiger partial charge in [-0.15, -0.1) is 0 Å². The van der Waals surface area contributed by atoms with Gasteiger partial charge in [-0.25, -0.2) is 9.59 Å². The van der Waals surface area contributed by atoms with Crippen LogP contribution in [-0.4, -0.2) is 76.6 Å². The van der Waals surface area contributed by atoms with Gasteiger partial charge < -0.3 is 55.8 Å². The topological polar surface area (TPSA) is 312 Å².